The van der Waals surface area contributed by atoms with Crippen molar-refractivity contribution in [2.45, 2.75) is 25.9 Å². The molecule has 0 fully saturated rings. The van der Waals surface area contributed by atoms with Crippen LogP contribution in [0.2, 0.25) is 0 Å². The molecule has 0 bridgehead atoms. The van der Waals surface area contributed by atoms with Gasteiger partial charge in [-0.05, 0) is 19.4 Å². The second kappa shape index (κ2) is 4.89. The summed E-state index contributed by atoms with van der Waals surface area (Å²) in [4.78, 5) is 10.9. The molecule has 0 aromatic heterocycles. The van der Waals surface area contributed by atoms with E-state index in [1.165, 1.54) is 6.92 Å². The molecule has 15 heavy (non-hydrogen) atoms. The second-order valence-corrected chi connectivity index (χ2v) is 3.98. The number of hydrogen-bond acceptors (Lipinski definition) is 2. The van der Waals surface area contributed by atoms with Crippen LogP contribution in [0.5, 0.6) is 0 Å². The zero-order valence-corrected chi connectivity index (χ0v) is 9.10. The number of carbonyl (C=O) groups is 1. The second-order valence-electron chi connectivity index (χ2n) is 3.98. The van der Waals surface area contributed by atoms with E-state index in [1.54, 1.807) is 13.0 Å². The van der Waals surface area contributed by atoms with Crippen LogP contribution >= 0.6 is 0 Å². The standard InChI is InChI=1S/C13H16O2/c1-11(14)10-13(2,15)9-8-12-6-4-3-5-7-12/h3-9,15H,10H2,1-2H3/b9-8+/t13-/m0/s1. The first kappa shape index (κ1) is 11.7. The van der Waals surface area contributed by atoms with Gasteiger partial charge in [-0.2, -0.15) is 0 Å². The molecule has 1 N–H and O–H groups in total. The summed E-state index contributed by atoms with van der Waals surface area (Å²) in [6.45, 7) is 3.11. The van der Waals surface area contributed by atoms with Gasteiger partial charge in [-0.15, -0.1) is 0 Å². The Balaban J connectivity index is 2.68. The van der Waals surface area contributed by atoms with Crippen LogP contribution in [-0.4, -0.2) is 16.5 Å². The molecule has 0 saturated heterocycles. The van der Waals surface area contributed by atoms with Crippen LogP contribution in [-0.2, 0) is 4.79 Å². The van der Waals surface area contributed by atoms with Crippen molar-refractivity contribution in [3.8, 4) is 0 Å². The molecule has 0 unspecified atom stereocenters. The largest absolute Gasteiger partial charge is 0.386 e. The van der Waals surface area contributed by atoms with Crippen LogP contribution in [0.15, 0.2) is 36.4 Å². The molecular weight excluding hydrogens is 188 g/mol. The summed E-state index contributed by atoms with van der Waals surface area (Å²) in [6.07, 6.45) is 3.63. The smallest absolute Gasteiger partial charge is 0.133 e. The predicted octanol–water partition coefficient (Wildman–Crippen LogP) is 2.43. The molecule has 2 heteroatoms. The first-order valence-corrected chi connectivity index (χ1v) is 4.96. The normalized spacial score (nSPS) is 15.1. The molecule has 0 heterocycles. The van der Waals surface area contributed by atoms with Gasteiger partial charge in [0, 0.05) is 6.42 Å². The van der Waals surface area contributed by atoms with Gasteiger partial charge in [0.25, 0.3) is 0 Å². The molecule has 2 nitrogen and oxygen atoms in total. The van der Waals surface area contributed by atoms with E-state index in [2.05, 4.69) is 0 Å². The lowest BCUT2D eigenvalue weighted by Crippen LogP contribution is -2.23. The Bertz CT molecular complexity index is 350. The van der Waals surface area contributed by atoms with Gasteiger partial charge >= 0.3 is 0 Å². The van der Waals surface area contributed by atoms with Crippen LogP contribution in [0, 0.1) is 0 Å². The van der Waals surface area contributed by atoms with E-state index in [0.717, 1.165) is 5.56 Å². The lowest BCUT2D eigenvalue weighted by atomic mass is 9.98. The van der Waals surface area contributed by atoms with Crippen molar-refractivity contribution in [1.29, 1.82) is 0 Å². The van der Waals surface area contributed by atoms with Crippen LogP contribution in [0.3, 0.4) is 0 Å². The number of hydrogen-bond donors (Lipinski definition) is 1. The summed E-state index contributed by atoms with van der Waals surface area (Å²) >= 11 is 0. The molecule has 0 spiro atoms. The zero-order valence-electron chi connectivity index (χ0n) is 9.10. The van der Waals surface area contributed by atoms with Crippen molar-refractivity contribution in [3.63, 3.8) is 0 Å². The van der Waals surface area contributed by atoms with E-state index in [0.29, 0.717) is 0 Å². The summed E-state index contributed by atoms with van der Waals surface area (Å²) in [7, 11) is 0. The minimum atomic E-state index is -1.05. The molecule has 1 aromatic carbocycles. The van der Waals surface area contributed by atoms with Crippen LogP contribution in [0.25, 0.3) is 6.08 Å². The van der Waals surface area contributed by atoms with E-state index in [-0.39, 0.29) is 12.2 Å². The van der Waals surface area contributed by atoms with Crippen molar-refractivity contribution in [3.05, 3.63) is 42.0 Å². The van der Waals surface area contributed by atoms with Crippen LogP contribution < -0.4 is 0 Å². The van der Waals surface area contributed by atoms with Crippen LogP contribution in [0.1, 0.15) is 25.8 Å². The average molecular weight is 204 g/mol. The van der Waals surface area contributed by atoms with Gasteiger partial charge in [-0.1, -0.05) is 42.5 Å². The summed E-state index contributed by atoms with van der Waals surface area (Å²) < 4.78 is 0. The minimum absolute atomic E-state index is 0.0160. The van der Waals surface area contributed by atoms with Crippen molar-refractivity contribution in [2.24, 2.45) is 0 Å². The lowest BCUT2D eigenvalue weighted by molar-refractivity contribution is -0.119. The number of ketones is 1. The maximum absolute atomic E-state index is 10.9. The van der Waals surface area contributed by atoms with Crippen molar-refractivity contribution >= 4 is 11.9 Å². The Kier molecular flexibility index (Phi) is 3.81. The quantitative estimate of drug-likeness (QED) is 0.817. The van der Waals surface area contributed by atoms with Gasteiger partial charge < -0.3 is 5.11 Å². The van der Waals surface area contributed by atoms with Gasteiger partial charge in [0.2, 0.25) is 0 Å². The summed E-state index contributed by atoms with van der Waals surface area (Å²) in [5.74, 6) is -0.0160. The maximum atomic E-state index is 10.9. The fraction of sp³-hybridized carbons (Fsp3) is 0.308. The Hall–Kier alpha value is -1.41. The molecule has 0 aliphatic carbocycles. The highest BCUT2D eigenvalue weighted by molar-refractivity contribution is 5.77. The van der Waals surface area contributed by atoms with Crippen molar-refractivity contribution in [2.75, 3.05) is 0 Å². The molecule has 0 aliphatic rings. The molecule has 0 radical (unpaired) electrons. The first-order valence-electron chi connectivity index (χ1n) is 4.96. The average Bonchev–Trinajstić information content (AvgIpc) is 2.15. The molecule has 1 atom stereocenters. The third-order valence-corrected chi connectivity index (χ3v) is 2.04. The van der Waals surface area contributed by atoms with Crippen molar-refractivity contribution in [1.82, 2.24) is 0 Å². The van der Waals surface area contributed by atoms with E-state index >= 15 is 0 Å². The SMILES string of the molecule is CC(=O)C[C@@](C)(O)/C=C/c1ccccc1. The predicted molar refractivity (Wildman–Crippen MR) is 61.4 cm³/mol. The van der Waals surface area contributed by atoms with Gasteiger partial charge in [-0.25, -0.2) is 0 Å². The molecule has 1 aromatic rings. The maximum Gasteiger partial charge on any atom is 0.133 e. The monoisotopic (exact) mass is 204 g/mol. The summed E-state index contributed by atoms with van der Waals surface area (Å²) in [5.41, 5.74) is -0.0388. The highest BCUT2D eigenvalue weighted by Gasteiger charge is 2.18. The van der Waals surface area contributed by atoms with Gasteiger partial charge in [0.05, 0.1) is 5.60 Å². The van der Waals surface area contributed by atoms with Gasteiger partial charge in [0.15, 0.2) is 0 Å². The fourth-order valence-corrected chi connectivity index (χ4v) is 1.40. The van der Waals surface area contributed by atoms with Crippen LogP contribution in [0.4, 0.5) is 0 Å². The minimum Gasteiger partial charge on any atom is -0.386 e. The summed E-state index contributed by atoms with van der Waals surface area (Å²) in [6, 6.07) is 9.68. The van der Waals surface area contributed by atoms with E-state index < -0.39 is 5.60 Å². The third kappa shape index (κ3) is 4.56. The molecular formula is C13H16O2. The van der Waals surface area contributed by atoms with E-state index in [4.69, 9.17) is 0 Å². The zero-order chi connectivity index (χ0) is 11.3. The Labute approximate surface area is 90.3 Å². The lowest BCUT2D eigenvalue weighted by Gasteiger charge is -2.16. The Morgan fingerprint density at radius 3 is 2.53 bits per heavy atom. The van der Waals surface area contributed by atoms with E-state index in [1.807, 2.05) is 36.4 Å². The highest BCUT2D eigenvalue weighted by Crippen LogP contribution is 2.14. The molecule has 1 rings (SSSR count). The molecule has 0 saturated carbocycles. The number of aliphatic hydroxyl groups is 1. The topological polar surface area (TPSA) is 37.3 Å². The number of rotatable bonds is 4. The number of benzene rings is 1. The molecule has 0 aliphatic heterocycles. The van der Waals surface area contributed by atoms with E-state index in [9.17, 15) is 9.90 Å². The first-order chi connectivity index (χ1) is 6.99. The Morgan fingerprint density at radius 2 is 2.00 bits per heavy atom. The number of carbonyl (C=O) groups excluding carboxylic acids is 1. The molecule has 80 valence electrons. The third-order valence-electron chi connectivity index (χ3n) is 2.04. The highest BCUT2D eigenvalue weighted by atomic mass is 16.3. The fourth-order valence-electron chi connectivity index (χ4n) is 1.40. The van der Waals surface area contributed by atoms with Crippen molar-refractivity contribution < 1.29 is 9.90 Å². The molecule has 0 amide bonds. The number of Topliss-reactive ketones (excluding diaryl/α,β-unsaturated/α-hetero) is 1. The summed E-state index contributed by atoms with van der Waals surface area (Å²) in [5, 5.41) is 9.84. The van der Waals surface area contributed by atoms with Gasteiger partial charge in [-0.3, -0.25) is 4.79 Å². The van der Waals surface area contributed by atoms with Gasteiger partial charge in [0.1, 0.15) is 5.78 Å². The Morgan fingerprint density at radius 1 is 1.40 bits per heavy atom.